The Labute approximate surface area is 120 Å². The number of piperazine rings is 1. The summed E-state index contributed by atoms with van der Waals surface area (Å²) in [5.74, 6) is 0.849. The number of carbonyl (C=O) groups excluding carboxylic acids is 1. The Balaban J connectivity index is 2.12. The normalized spacial score (nSPS) is 19.2. The van der Waals surface area contributed by atoms with Crippen LogP contribution in [0.25, 0.3) is 0 Å². The Morgan fingerprint density at radius 1 is 1.60 bits per heavy atom. The van der Waals surface area contributed by atoms with E-state index in [1.54, 1.807) is 18.3 Å². The Morgan fingerprint density at radius 2 is 2.40 bits per heavy atom. The summed E-state index contributed by atoms with van der Waals surface area (Å²) in [6.07, 6.45) is 1.66. The molecular formula is C15H23N3O2. The highest BCUT2D eigenvalue weighted by Gasteiger charge is 2.24. The van der Waals surface area contributed by atoms with Crippen molar-refractivity contribution in [3.05, 3.63) is 23.9 Å². The van der Waals surface area contributed by atoms with Crippen molar-refractivity contribution in [3.63, 3.8) is 0 Å². The van der Waals surface area contributed by atoms with E-state index in [0.29, 0.717) is 30.0 Å². The third-order valence-corrected chi connectivity index (χ3v) is 3.21. The smallest absolute Gasteiger partial charge is 0.259 e. The second-order valence-corrected chi connectivity index (χ2v) is 5.67. The quantitative estimate of drug-likeness (QED) is 0.907. The van der Waals surface area contributed by atoms with E-state index >= 15 is 0 Å². The van der Waals surface area contributed by atoms with Crippen LogP contribution in [-0.2, 0) is 0 Å². The lowest BCUT2D eigenvalue weighted by atomic mass is 10.2. The van der Waals surface area contributed by atoms with Gasteiger partial charge >= 0.3 is 0 Å². The van der Waals surface area contributed by atoms with Crippen LogP contribution in [0.5, 0.6) is 5.88 Å². The molecule has 0 aliphatic carbocycles. The summed E-state index contributed by atoms with van der Waals surface area (Å²) >= 11 is 0. The molecule has 110 valence electrons. The van der Waals surface area contributed by atoms with E-state index in [-0.39, 0.29) is 5.91 Å². The van der Waals surface area contributed by atoms with E-state index in [9.17, 15) is 4.79 Å². The fourth-order valence-corrected chi connectivity index (χ4v) is 2.20. The first-order chi connectivity index (χ1) is 9.58. The van der Waals surface area contributed by atoms with E-state index < -0.39 is 0 Å². The number of nitrogens with zero attached hydrogens (tertiary/aromatic N) is 2. The molecule has 1 atom stereocenters. The monoisotopic (exact) mass is 277 g/mol. The number of hydrogen-bond donors (Lipinski definition) is 1. The molecule has 1 aliphatic heterocycles. The highest BCUT2D eigenvalue weighted by molar-refractivity contribution is 5.96. The second-order valence-electron chi connectivity index (χ2n) is 5.67. The average Bonchev–Trinajstić information content (AvgIpc) is 2.44. The zero-order chi connectivity index (χ0) is 14.5. The number of nitrogens with one attached hydrogen (secondary N) is 1. The summed E-state index contributed by atoms with van der Waals surface area (Å²) in [5.41, 5.74) is 0.558. The fourth-order valence-electron chi connectivity index (χ4n) is 2.20. The first-order valence-corrected chi connectivity index (χ1v) is 7.18. The van der Waals surface area contributed by atoms with Crippen molar-refractivity contribution in [2.24, 2.45) is 5.92 Å². The maximum Gasteiger partial charge on any atom is 0.259 e. The summed E-state index contributed by atoms with van der Waals surface area (Å²) in [5, 5.41) is 3.33. The van der Waals surface area contributed by atoms with Gasteiger partial charge in [-0.2, -0.15) is 0 Å². The van der Waals surface area contributed by atoms with Gasteiger partial charge in [0.15, 0.2) is 0 Å². The molecule has 5 heteroatoms. The molecule has 1 N–H and O–H groups in total. The van der Waals surface area contributed by atoms with Gasteiger partial charge in [-0.3, -0.25) is 4.79 Å². The first-order valence-electron chi connectivity index (χ1n) is 7.18. The van der Waals surface area contributed by atoms with E-state index in [1.165, 1.54) is 0 Å². The number of amides is 1. The molecule has 1 aromatic heterocycles. The molecule has 0 spiro atoms. The molecule has 1 aliphatic rings. The van der Waals surface area contributed by atoms with Crippen LogP contribution in [0.3, 0.4) is 0 Å². The van der Waals surface area contributed by atoms with Crippen molar-refractivity contribution in [2.75, 3.05) is 26.2 Å². The minimum atomic E-state index is 0.00482. The number of rotatable bonds is 4. The summed E-state index contributed by atoms with van der Waals surface area (Å²) < 4.78 is 5.66. The van der Waals surface area contributed by atoms with Crippen LogP contribution in [0.1, 0.15) is 31.1 Å². The summed E-state index contributed by atoms with van der Waals surface area (Å²) in [7, 11) is 0. The lowest BCUT2D eigenvalue weighted by Gasteiger charge is -2.32. The number of aromatic nitrogens is 1. The van der Waals surface area contributed by atoms with Crippen molar-refractivity contribution in [2.45, 2.75) is 26.8 Å². The molecular weight excluding hydrogens is 254 g/mol. The molecule has 1 aromatic rings. The van der Waals surface area contributed by atoms with Gasteiger partial charge in [0, 0.05) is 31.9 Å². The largest absolute Gasteiger partial charge is 0.477 e. The van der Waals surface area contributed by atoms with E-state index in [1.807, 2.05) is 4.90 Å². The highest BCUT2D eigenvalue weighted by atomic mass is 16.5. The molecule has 1 amide bonds. The third-order valence-electron chi connectivity index (χ3n) is 3.21. The predicted molar refractivity (Wildman–Crippen MR) is 77.9 cm³/mol. The van der Waals surface area contributed by atoms with Gasteiger partial charge in [-0.15, -0.1) is 0 Å². The second kappa shape index (κ2) is 6.70. The van der Waals surface area contributed by atoms with Crippen LogP contribution >= 0.6 is 0 Å². The number of ether oxygens (including phenoxy) is 1. The standard InChI is InChI=1S/C15H23N3O2/c1-11(2)10-20-14-13(5-4-6-17-14)15(19)18-8-7-16-12(3)9-18/h4-6,11-12,16H,7-10H2,1-3H3/t12-/m1/s1. The summed E-state index contributed by atoms with van der Waals surface area (Å²) in [4.78, 5) is 18.7. The van der Waals surface area contributed by atoms with E-state index in [2.05, 4.69) is 31.1 Å². The molecule has 1 fully saturated rings. The fraction of sp³-hybridized carbons (Fsp3) is 0.600. The van der Waals surface area contributed by atoms with Crippen molar-refractivity contribution in [3.8, 4) is 5.88 Å². The number of carbonyl (C=O) groups is 1. The van der Waals surface area contributed by atoms with Crippen LogP contribution in [0, 0.1) is 5.92 Å². The van der Waals surface area contributed by atoms with Gasteiger partial charge in [0.25, 0.3) is 5.91 Å². The lowest BCUT2D eigenvalue weighted by Crippen LogP contribution is -2.51. The van der Waals surface area contributed by atoms with Gasteiger partial charge in [-0.25, -0.2) is 4.98 Å². The topological polar surface area (TPSA) is 54.5 Å². The Kier molecular flexibility index (Phi) is 4.95. The molecule has 0 unspecified atom stereocenters. The van der Waals surface area contributed by atoms with Gasteiger partial charge in [-0.05, 0) is 25.0 Å². The third kappa shape index (κ3) is 3.70. The lowest BCUT2D eigenvalue weighted by molar-refractivity contribution is 0.0703. The van der Waals surface area contributed by atoms with Crippen LogP contribution < -0.4 is 10.1 Å². The zero-order valence-electron chi connectivity index (χ0n) is 12.4. The van der Waals surface area contributed by atoms with Gasteiger partial charge < -0.3 is 15.0 Å². The minimum absolute atomic E-state index is 0.00482. The summed E-state index contributed by atoms with van der Waals surface area (Å²) in [6, 6.07) is 3.89. The van der Waals surface area contributed by atoms with E-state index in [4.69, 9.17) is 4.74 Å². The zero-order valence-corrected chi connectivity index (χ0v) is 12.4. The van der Waals surface area contributed by atoms with Crippen molar-refractivity contribution < 1.29 is 9.53 Å². The molecule has 0 radical (unpaired) electrons. The molecule has 1 saturated heterocycles. The highest BCUT2D eigenvalue weighted by Crippen LogP contribution is 2.18. The van der Waals surface area contributed by atoms with Crippen LogP contribution in [0.4, 0.5) is 0 Å². The minimum Gasteiger partial charge on any atom is -0.477 e. The molecule has 0 bridgehead atoms. The molecule has 2 heterocycles. The molecule has 0 aromatic carbocycles. The Hall–Kier alpha value is -1.62. The van der Waals surface area contributed by atoms with Crippen LogP contribution in [0.2, 0.25) is 0 Å². The van der Waals surface area contributed by atoms with Gasteiger partial charge in [0.05, 0.1) is 6.61 Å². The Bertz CT molecular complexity index is 462. The molecule has 0 saturated carbocycles. The van der Waals surface area contributed by atoms with Crippen molar-refractivity contribution in [1.82, 2.24) is 15.2 Å². The number of hydrogen-bond acceptors (Lipinski definition) is 4. The van der Waals surface area contributed by atoms with E-state index in [0.717, 1.165) is 19.6 Å². The SMILES string of the molecule is CC(C)COc1ncccc1C(=O)N1CCN[C@H](C)C1. The maximum absolute atomic E-state index is 12.6. The van der Waals surface area contributed by atoms with Crippen LogP contribution in [0.15, 0.2) is 18.3 Å². The summed E-state index contributed by atoms with van der Waals surface area (Å²) in [6.45, 7) is 9.06. The molecule has 2 rings (SSSR count). The van der Waals surface area contributed by atoms with Crippen molar-refractivity contribution >= 4 is 5.91 Å². The molecule has 5 nitrogen and oxygen atoms in total. The number of pyridine rings is 1. The molecule has 20 heavy (non-hydrogen) atoms. The van der Waals surface area contributed by atoms with Crippen molar-refractivity contribution in [1.29, 1.82) is 0 Å². The van der Waals surface area contributed by atoms with Gasteiger partial charge in [-0.1, -0.05) is 13.8 Å². The average molecular weight is 277 g/mol. The van der Waals surface area contributed by atoms with Gasteiger partial charge in [0.2, 0.25) is 5.88 Å². The maximum atomic E-state index is 12.6. The Morgan fingerprint density at radius 3 is 3.10 bits per heavy atom. The first kappa shape index (κ1) is 14.8. The predicted octanol–water partition coefficient (Wildman–Crippen LogP) is 1.55. The van der Waals surface area contributed by atoms with Gasteiger partial charge in [0.1, 0.15) is 5.56 Å². The van der Waals surface area contributed by atoms with Crippen LogP contribution in [-0.4, -0.2) is 48.1 Å².